The Bertz CT molecular complexity index is 642. The van der Waals surface area contributed by atoms with Crippen molar-refractivity contribution in [3.05, 3.63) is 46.2 Å². The van der Waals surface area contributed by atoms with Crippen molar-refractivity contribution in [3.8, 4) is 6.07 Å². The maximum absolute atomic E-state index is 12.8. The summed E-state index contributed by atoms with van der Waals surface area (Å²) in [5, 5.41) is 15.5. The van der Waals surface area contributed by atoms with E-state index in [9.17, 15) is 13.2 Å². The van der Waals surface area contributed by atoms with Gasteiger partial charge in [-0.15, -0.1) is 5.10 Å². The Morgan fingerprint density at radius 1 is 1.32 bits per heavy atom. The molecule has 8 heteroatoms. The molecule has 0 amide bonds. The average Bonchev–Trinajstić information content (AvgIpc) is 2.75. The number of hydrogen-bond acceptors (Lipinski definition) is 3. The minimum absolute atomic E-state index is 0.205. The van der Waals surface area contributed by atoms with Crippen LogP contribution >= 0.6 is 11.6 Å². The summed E-state index contributed by atoms with van der Waals surface area (Å²) in [6.07, 6.45) is -4.70. The molecule has 0 aliphatic rings. The minimum Gasteiger partial charge on any atom is -0.234 e. The van der Waals surface area contributed by atoms with Crippen molar-refractivity contribution in [1.29, 1.82) is 5.26 Å². The second kappa shape index (κ2) is 4.90. The first-order valence-corrected chi connectivity index (χ1v) is 5.45. The van der Waals surface area contributed by atoms with Crippen LogP contribution in [0.15, 0.2) is 24.3 Å². The summed E-state index contributed by atoms with van der Waals surface area (Å²) in [5.41, 5.74) is -1.46. The molecule has 0 unspecified atom stereocenters. The number of halogens is 4. The van der Waals surface area contributed by atoms with E-state index in [1.54, 1.807) is 24.3 Å². The lowest BCUT2D eigenvalue weighted by Crippen LogP contribution is -2.16. The highest BCUT2D eigenvalue weighted by Crippen LogP contribution is 2.31. The average molecular weight is 287 g/mol. The van der Waals surface area contributed by atoms with Crippen LogP contribution in [0.1, 0.15) is 17.0 Å². The van der Waals surface area contributed by atoms with Gasteiger partial charge in [-0.1, -0.05) is 35.0 Å². The van der Waals surface area contributed by atoms with Gasteiger partial charge in [0.2, 0.25) is 0 Å². The molecule has 1 aromatic heterocycles. The quantitative estimate of drug-likeness (QED) is 0.853. The zero-order valence-electron chi connectivity index (χ0n) is 9.32. The molecular formula is C11H6ClF3N4. The Morgan fingerprint density at radius 3 is 2.58 bits per heavy atom. The molecule has 0 saturated carbocycles. The first-order valence-electron chi connectivity index (χ1n) is 5.07. The molecule has 0 spiro atoms. The molecule has 1 aromatic carbocycles. The number of nitriles is 1. The molecule has 4 nitrogen and oxygen atoms in total. The molecular weight excluding hydrogens is 281 g/mol. The fourth-order valence-corrected chi connectivity index (χ4v) is 1.76. The van der Waals surface area contributed by atoms with E-state index in [0.717, 1.165) is 0 Å². The molecule has 0 radical (unpaired) electrons. The van der Waals surface area contributed by atoms with Gasteiger partial charge in [-0.3, -0.25) is 0 Å². The van der Waals surface area contributed by atoms with Gasteiger partial charge < -0.3 is 0 Å². The summed E-state index contributed by atoms with van der Waals surface area (Å²) in [6.45, 7) is -0.205. The van der Waals surface area contributed by atoms with E-state index < -0.39 is 17.6 Å². The van der Waals surface area contributed by atoms with Crippen molar-refractivity contribution in [3.63, 3.8) is 0 Å². The molecule has 0 aliphatic heterocycles. The van der Waals surface area contributed by atoms with E-state index in [2.05, 4.69) is 10.3 Å². The predicted molar refractivity (Wildman–Crippen MR) is 60.3 cm³/mol. The molecule has 19 heavy (non-hydrogen) atoms. The number of benzene rings is 1. The molecule has 0 N–H and O–H groups in total. The Kier molecular flexibility index (Phi) is 3.44. The van der Waals surface area contributed by atoms with Crippen molar-refractivity contribution in [1.82, 2.24) is 15.0 Å². The Hall–Kier alpha value is -2.07. The summed E-state index contributed by atoms with van der Waals surface area (Å²) < 4.78 is 39.2. The van der Waals surface area contributed by atoms with Crippen molar-refractivity contribution < 1.29 is 13.2 Å². The third kappa shape index (κ3) is 2.69. The first-order chi connectivity index (χ1) is 8.93. The lowest BCUT2D eigenvalue weighted by molar-refractivity contribution is -0.144. The molecule has 0 saturated heterocycles. The maximum Gasteiger partial charge on any atom is 0.436 e. The molecule has 0 aliphatic carbocycles. The molecule has 0 bridgehead atoms. The number of hydrogen-bond donors (Lipinski definition) is 0. The van der Waals surface area contributed by atoms with Crippen molar-refractivity contribution in [2.45, 2.75) is 12.7 Å². The minimum atomic E-state index is -4.70. The normalized spacial score (nSPS) is 11.3. The summed E-state index contributed by atoms with van der Waals surface area (Å²) in [5.74, 6) is 0. The van der Waals surface area contributed by atoms with Crippen molar-refractivity contribution >= 4 is 11.6 Å². The van der Waals surface area contributed by atoms with E-state index >= 15 is 0 Å². The molecule has 98 valence electrons. The fourth-order valence-electron chi connectivity index (χ4n) is 1.57. The number of alkyl halides is 3. The van der Waals surface area contributed by atoms with Crippen molar-refractivity contribution in [2.24, 2.45) is 0 Å². The molecule has 0 fully saturated rings. The summed E-state index contributed by atoms with van der Waals surface area (Å²) in [4.78, 5) is 0. The van der Waals surface area contributed by atoms with Gasteiger partial charge in [0, 0.05) is 5.02 Å². The van der Waals surface area contributed by atoms with Crippen LogP contribution in [-0.4, -0.2) is 15.0 Å². The molecule has 1 heterocycles. The highest BCUT2D eigenvalue weighted by atomic mass is 35.5. The Balaban J connectivity index is 2.45. The van der Waals surface area contributed by atoms with Gasteiger partial charge in [0.25, 0.3) is 0 Å². The van der Waals surface area contributed by atoms with E-state index in [1.807, 2.05) is 0 Å². The second-order valence-corrected chi connectivity index (χ2v) is 4.05. The van der Waals surface area contributed by atoms with Crippen LogP contribution in [0.4, 0.5) is 13.2 Å². The summed E-state index contributed by atoms with van der Waals surface area (Å²) in [7, 11) is 0. The van der Waals surface area contributed by atoms with Crippen LogP contribution in [0, 0.1) is 11.3 Å². The second-order valence-electron chi connectivity index (χ2n) is 3.65. The van der Waals surface area contributed by atoms with Gasteiger partial charge in [0.05, 0.1) is 6.54 Å². The van der Waals surface area contributed by atoms with Crippen LogP contribution in [0.3, 0.4) is 0 Å². The van der Waals surface area contributed by atoms with E-state index in [-0.39, 0.29) is 6.54 Å². The van der Waals surface area contributed by atoms with E-state index in [4.69, 9.17) is 16.9 Å². The molecule has 0 atom stereocenters. The SMILES string of the molecule is N#Cc1nnn(Cc2ccccc2Cl)c1C(F)(F)F. The van der Waals surface area contributed by atoms with Crippen LogP contribution < -0.4 is 0 Å². The highest BCUT2D eigenvalue weighted by Gasteiger charge is 2.39. The van der Waals surface area contributed by atoms with E-state index in [0.29, 0.717) is 15.3 Å². The lowest BCUT2D eigenvalue weighted by atomic mass is 10.2. The Morgan fingerprint density at radius 2 is 2.00 bits per heavy atom. The zero-order valence-corrected chi connectivity index (χ0v) is 10.1. The largest absolute Gasteiger partial charge is 0.436 e. The Labute approximate surface area is 111 Å². The lowest BCUT2D eigenvalue weighted by Gasteiger charge is -2.10. The van der Waals surface area contributed by atoms with Gasteiger partial charge in [-0.05, 0) is 11.6 Å². The summed E-state index contributed by atoms with van der Waals surface area (Å²) in [6, 6.07) is 7.83. The van der Waals surface area contributed by atoms with Gasteiger partial charge >= 0.3 is 6.18 Å². The molecule has 2 aromatic rings. The van der Waals surface area contributed by atoms with Crippen LogP contribution in [-0.2, 0) is 12.7 Å². The standard InChI is InChI=1S/C11H6ClF3N4/c12-8-4-2-1-3-7(8)6-19-10(11(13,14)15)9(5-16)17-18-19/h1-4H,6H2. The third-order valence-electron chi connectivity index (χ3n) is 2.39. The number of nitrogens with zero attached hydrogens (tertiary/aromatic N) is 4. The zero-order chi connectivity index (χ0) is 14.0. The number of aromatic nitrogens is 3. The summed E-state index contributed by atoms with van der Waals surface area (Å²) >= 11 is 5.87. The first kappa shape index (κ1) is 13.4. The number of rotatable bonds is 2. The van der Waals surface area contributed by atoms with Gasteiger partial charge in [-0.2, -0.15) is 18.4 Å². The van der Waals surface area contributed by atoms with Crippen LogP contribution in [0.5, 0.6) is 0 Å². The monoisotopic (exact) mass is 286 g/mol. The van der Waals surface area contributed by atoms with E-state index in [1.165, 1.54) is 6.07 Å². The van der Waals surface area contributed by atoms with Crippen LogP contribution in [0.2, 0.25) is 5.02 Å². The van der Waals surface area contributed by atoms with Gasteiger partial charge in [0.1, 0.15) is 6.07 Å². The predicted octanol–water partition coefficient (Wildman–Crippen LogP) is 2.87. The van der Waals surface area contributed by atoms with Gasteiger partial charge in [0.15, 0.2) is 11.4 Å². The smallest absolute Gasteiger partial charge is 0.234 e. The van der Waals surface area contributed by atoms with Gasteiger partial charge in [-0.25, -0.2) is 4.68 Å². The fraction of sp³-hybridized carbons (Fsp3) is 0.182. The maximum atomic E-state index is 12.8. The van der Waals surface area contributed by atoms with Crippen LogP contribution in [0.25, 0.3) is 0 Å². The van der Waals surface area contributed by atoms with Crippen molar-refractivity contribution in [2.75, 3.05) is 0 Å². The third-order valence-corrected chi connectivity index (χ3v) is 2.76. The molecule has 2 rings (SSSR count). The topological polar surface area (TPSA) is 54.5 Å². The highest BCUT2D eigenvalue weighted by molar-refractivity contribution is 6.31.